The highest BCUT2D eigenvalue weighted by Gasteiger charge is 2.35. The van der Waals surface area contributed by atoms with Gasteiger partial charge in [-0.25, -0.2) is 20.0 Å². The van der Waals surface area contributed by atoms with Crippen LogP contribution in [0, 0.1) is 0 Å². The van der Waals surface area contributed by atoms with Crippen LogP contribution >= 0.6 is 0 Å². The summed E-state index contributed by atoms with van der Waals surface area (Å²) in [6.07, 6.45) is 1.98. The molecule has 3 aromatic heterocycles. The lowest BCUT2D eigenvalue weighted by Gasteiger charge is -2.28. The van der Waals surface area contributed by atoms with Gasteiger partial charge in [0.2, 0.25) is 5.96 Å². The third kappa shape index (κ3) is 7.61. The number of hydrogen-bond donors (Lipinski definition) is 1. The van der Waals surface area contributed by atoms with Crippen LogP contribution in [0.3, 0.4) is 0 Å². The van der Waals surface area contributed by atoms with E-state index in [1.165, 1.54) is 21.9 Å². The zero-order chi connectivity index (χ0) is 50.8. The highest BCUT2D eigenvalue weighted by molar-refractivity contribution is 6.17. The van der Waals surface area contributed by atoms with Gasteiger partial charge in [-0.15, -0.1) is 0 Å². The Morgan fingerprint density at radius 1 is 0.338 bits per heavy atom. The molecule has 0 radical (unpaired) electrons. The molecule has 1 unspecified atom stereocenters. The number of aliphatic imine (C=N–C) groups is 1. The van der Waals surface area contributed by atoms with E-state index in [2.05, 4.69) is 227 Å². The molecule has 0 spiro atoms. The van der Waals surface area contributed by atoms with E-state index in [0.717, 1.165) is 106 Å². The van der Waals surface area contributed by atoms with Gasteiger partial charge in [0.15, 0.2) is 5.82 Å². The first-order valence-electron chi connectivity index (χ1n) is 26.0. The van der Waals surface area contributed by atoms with E-state index in [0.29, 0.717) is 5.82 Å². The van der Waals surface area contributed by atoms with Crippen molar-refractivity contribution in [3.05, 3.63) is 272 Å². The molecule has 0 amide bonds. The molecule has 362 valence electrons. The van der Waals surface area contributed by atoms with E-state index in [1.807, 2.05) is 59.8 Å². The molecule has 0 bridgehead atoms. The summed E-state index contributed by atoms with van der Waals surface area (Å²) < 4.78 is 4.64. The summed E-state index contributed by atoms with van der Waals surface area (Å²) >= 11 is 0. The van der Waals surface area contributed by atoms with Crippen molar-refractivity contribution in [3.8, 4) is 61.8 Å². The van der Waals surface area contributed by atoms with Crippen LogP contribution in [0.5, 0.6) is 0 Å². The van der Waals surface area contributed by atoms with Gasteiger partial charge >= 0.3 is 0 Å². The fourth-order valence-electron chi connectivity index (χ4n) is 11.3. The fraction of sp³-hybridized carbons (Fsp3) is 0.0145. The number of nitrogens with zero attached hydrogens (tertiary/aromatic N) is 7. The summed E-state index contributed by atoms with van der Waals surface area (Å²) in [5.74, 6) is 1.44. The Balaban J connectivity index is 0.794. The zero-order valence-electron chi connectivity index (χ0n) is 41.6. The van der Waals surface area contributed by atoms with E-state index in [9.17, 15) is 0 Å². The standard InChI is InChI=1S/C69H46N8/c1-5-17-45(18-6-1)46-29-31-47(32-30-46)59-43-60(72-68(71-59)50-21-9-3-10-22-50)48-33-37-53(38-34-48)75-62-27-15-13-25-55(62)57-41-51(35-39-64(57)75)52-36-40-65-58(42-52)56-26-14-16-28-63(56)76(65)69-73-61-44-70-77(54-23-11-4-12-24-54)67(61)66(74-69)49-19-7-2-8-20-49/h1-44,61H,(H,73,74). The first kappa shape index (κ1) is 44.1. The maximum Gasteiger partial charge on any atom is 0.209 e. The molecule has 15 rings (SSSR count). The molecule has 5 heterocycles. The van der Waals surface area contributed by atoms with Crippen LogP contribution in [-0.2, 0) is 0 Å². The number of para-hydroxylation sites is 3. The van der Waals surface area contributed by atoms with Crippen LogP contribution in [0.15, 0.2) is 277 Å². The zero-order valence-corrected chi connectivity index (χ0v) is 41.6. The smallest absolute Gasteiger partial charge is 0.209 e. The maximum atomic E-state index is 5.46. The van der Waals surface area contributed by atoms with Gasteiger partial charge in [-0.05, 0) is 89.0 Å². The summed E-state index contributed by atoms with van der Waals surface area (Å²) in [6, 6.07) is 91.8. The van der Waals surface area contributed by atoms with Crippen LogP contribution in [0.25, 0.3) is 111 Å². The van der Waals surface area contributed by atoms with Gasteiger partial charge in [0.25, 0.3) is 0 Å². The van der Waals surface area contributed by atoms with Crippen molar-refractivity contribution < 1.29 is 0 Å². The highest BCUT2D eigenvalue weighted by Crippen LogP contribution is 2.40. The number of aromatic nitrogens is 4. The van der Waals surface area contributed by atoms with Gasteiger partial charge < -0.3 is 9.88 Å². The molecule has 1 N–H and O–H groups in total. The van der Waals surface area contributed by atoms with Crippen molar-refractivity contribution in [2.75, 3.05) is 5.01 Å². The first-order valence-corrected chi connectivity index (χ1v) is 26.0. The van der Waals surface area contributed by atoms with E-state index < -0.39 is 0 Å². The molecule has 13 aromatic rings. The van der Waals surface area contributed by atoms with Crippen LogP contribution in [0.2, 0.25) is 0 Å². The third-order valence-electron chi connectivity index (χ3n) is 15.0. The lowest BCUT2D eigenvalue weighted by molar-refractivity contribution is 0.827. The molecular weight excluding hydrogens is 941 g/mol. The Kier molecular flexibility index (Phi) is 10.4. The summed E-state index contributed by atoms with van der Waals surface area (Å²) in [4.78, 5) is 15.7. The number of benzene rings is 10. The van der Waals surface area contributed by atoms with Gasteiger partial charge in [0.1, 0.15) is 6.04 Å². The van der Waals surface area contributed by atoms with E-state index in [4.69, 9.17) is 20.1 Å². The summed E-state index contributed by atoms with van der Waals surface area (Å²) in [7, 11) is 0. The Bertz CT molecular complexity index is 4500. The van der Waals surface area contributed by atoms with Crippen molar-refractivity contribution in [1.82, 2.24) is 24.4 Å². The predicted octanol–water partition coefficient (Wildman–Crippen LogP) is 16.1. The third-order valence-corrected chi connectivity index (χ3v) is 15.0. The SMILES string of the molecule is C1=NN(c2ccccc2)C2=C(c3ccccc3)N=C(n3c4ccccc4c4cc(-c5ccc6c(c5)c5ccccc5n6-c5ccc(-c6cc(-c7ccc(-c8ccccc8)cc7)nc(-c7ccccc7)n6)cc5)ccc43)NC12. The van der Waals surface area contributed by atoms with E-state index >= 15 is 0 Å². The quantitative estimate of drug-likeness (QED) is 0.165. The van der Waals surface area contributed by atoms with Crippen LogP contribution < -0.4 is 10.3 Å². The number of anilines is 1. The Morgan fingerprint density at radius 3 is 1.40 bits per heavy atom. The van der Waals surface area contributed by atoms with Crippen LogP contribution in [0.1, 0.15) is 5.56 Å². The van der Waals surface area contributed by atoms with Gasteiger partial charge in [0.05, 0.1) is 56.8 Å². The number of hydrogen-bond acceptors (Lipinski definition) is 6. The Labute approximate surface area is 444 Å². The fourth-order valence-corrected chi connectivity index (χ4v) is 11.3. The monoisotopic (exact) mass is 986 g/mol. The summed E-state index contributed by atoms with van der Waals surface area (Å²) in [6.45, 7) is 0. The highest BCUT2D eigenvalue weighted by atomic mass is 15.5. The minimum atomic E-state index is -0.185. The van der Waals surface area contributed by atoms with Crippen molar-refractivity contribution in [2.24, 2.45) is 10.1 Å². The molecule has 0 fully saturated rings. The Morgan fingerprint density at radius 2 is 0.792 bits per heavy atom. The second-order valence-electron chi connectivity index (χ2n) is 19.6. The van der Waals surface area contributed by atoms with Gasteiger partial charge in [-0.2, -0.15) is 5.10 Å². The lowest BCUT2D eigenvalue weighted by atomic mass is 10.0. The van der Waals surface area contributed by atoms with Crippen LogP contribution in [0.4, 0.5) is 5.69 Å². The molecule has 2 aliphatic heterocycles. The van der Waals surface area contributed by atoms with Gasteiger partial charge in [-0.3, -0.25) is 4.57 Å². The molecule has 8 heteroatoms. The number of fused-ring (bicyclic) bond motifs is 7. The van der Waals surface area contributed by atoms with Crippen LogP contribution in [-0.4, -0.2) is 37.3 Å². The predicted molar refractivity (Wildman–Crippen MR) is 317 cm³/mol. The minimum absolute atomic E-state index is 0.185. The normalized spacial score (nSPS) is 14.2. The largest absolute Gasteiger partial charge is 0.342 e. The van der Waals surface area contributed by atoms with Crippen molar-refractivity contribution in [2.45, 2.75) is 6.04 Å². The molecule has 2 aliphatic rings. The molecule has 0 saturated carbocycles. The molecule has 10 aromatic carbocycles. The maximum absolute atomic E-state index is 5.46. The molecule has 8 nitrogen and oxygen atoms in total. The van der Waals surface area contributed by atoms with Gasteiger partial charge in [0, 0.05) is 49.5 Å². The van der Waals surface area contributed by atoms with Crippen molar-refractivity contribution >= 4 is 67.2 Å². The first-order chi connectivity index (χ1) is 38.2. The summed E-state index contributed by atoms with van der Waals surface area (Å²) in [5.41, 5.74) is 18.8. The minimum Gasteiger partial charge on any atom is -0.342 e. The average Bonchev–Trinajstić information content (AvgIpc) is 4.38. The molecule has 1 atom stereocenters. The molecule has 0 aliphatic carbocycles. The summed E-state index contributed by atoms with van der Waals surface area (Å²) in [5, 5.41) is 15.4. The van der Waals surface area contributed by atoms with E-state index in [-0.39, 0.29) is 6.04 Å². The Hall–Kier alpha value is -10.4. The van der Waals surface area contributed by atoms with E-state index in [1.54, 1.807) is 0 Å². The molecule has 0 saturated heterocycles. The van der Waals surface area contributed by atoms with Gasteiger partial charge in [-0.1, -0.05) is 194 Å². The lowest BCUT2D eigenvalue weighted by Crippen LogP contribution is -2.44. The second kappa shape index (κ2) is 18.2. The van der Waals surface area contributed by atoms with Crippen molar-refractivity contribution in [3.63, 3.8) is 0 Å². The van der Waals surface area contributed by atoms with Crippen molar-refractivity contribution in [1.29, 1.82) is 0 Å². The second-order valence-corrected chi connectivity index (χ2v) is 19.6. The molecular formula is C69H46N8. The molecule has 77 heavy (non-hydrogen) atoms. The topological polar surface area (TPSA) is 75.6 Å². The average molecular weight is 987 g/mol. The number of hydrazone groups is 1. The number of rotatable bonds is 8. The number of nitrogens with one attached hydrogen (secondary N) is 1.